The van der Waals surface area contributed by atoms with E-state index >= 15 is 0 Å². The largest absolute Gasteiger partial charge is 0.460 e. The van der Waals surface area contributed by atoms with Gasteiger partial charge in [0.15, 0.2) is 13.2 Å². The molecule has 2 N–H and O–H groups in total. The van der Waals surface area contributed by atoms with Gasteiger partial charge in [-0.25, -0.2) is 4.79 Å². The number of amides is 1. The predicted molar refractivity (Wildman–Crippen MR) is 263 cm³/mol. The normalized spacial score (nSPS) is 36.6. The molecule has 2 bridgehead atoms. The zero-order valence-electron chi connectivity index (χ0n) is 43.4. The summed E-state index contributed by atoms with van der Waals surface area (Å²) in [4.78, 5) is 72.2. The first kappa shape index (κ1) is 58.4. The van der Waals surface area contributed by atoms with Gasteiger partial charge in [-0.1, -0.05) is 71.1 Å². The van der Waals surface area contributed by atoms with Gasteiger partial charge in [-0.2, -0.15) is 0 Å². The fourth-order valence-electron chi connectivity index (χ4n) is 10.5. The third kappa shape index (κ3) is 16.2. The zero-order valence-corrected chi connectivity index (χ0v) is 44.3. The van der Waals surface area contributed by atoms with E-state index in [1.807, 2.05) is 58.1 Å². The van der Waals surface area contributed by atoms with Crippen LogP contribution in [0.15, 0.2) is 47.6 Å². The molecule has 0 aromatic carbocycles. The maximum atomic E-state index is 14.5. The maximum absolute atomic E-state index is 14.5. The van der Waals surface area contributed by atoms with Crippen LogP contribution in [0.3, 0.4) is 0 Å². The van der Waals surface area contributed by atoms with Crippen molar-refractivity contribution in [2.45, 2.75) is 180 Å². The number of carbonyl (C=O) groups is 5. The molecule has 16 heteroatoms. The number of ether oxygens (including phenoxy) is 5. The summed E-state index contributed by atoms with van der Waals surface area (Å²) in [5.74, 6) is -8.11. The topological polar surface area (TPSA) is 202 Å². The van der Waals surface area contributed by atoms with E-state index in [-0.39, 0.29) is 60.9 Å². The minimum absolute atomic E-state index is 0.0117. The van der Waals surface area contributed by atoms with Crippen molar-refractivity contribution in [1.29, 1.82) is 0 Å². The third-order valence-corrected chi connectivity index (χ3v) is 15.6. The average Bonchev–Trinajstić information content (AvgIpc) is 3.30. The molecular weight excluding hydrogens is 906 g/mol. The van der Waals surface area contributed by atoms with Crippen LogP contribution in [0.4, 0.5) is 0 Å². The van der Waals surface area contributed by atoms with E-state index in [1.54, 1.807) is 54.4 Å². The highest BCUT2D eigenvalue weighted by atomic mass is 31.2. The SMILES string of the molecule is COC1CC(C[C@@H](C)[C@@H]2CC(=O)[C@H](C)C=C(C)[C@@H](O)[C@@H](OC)C(=O)[C@H](C)C[C@H](C)C=CC=CC=C(C)[C@@H](OC)C[C@@H]3CC[C@@H](C)[C@@](O)(O3)C(=O)C(=O)N3CCCC[C@H]3C(=O)O2)CCC1OP(C)(C)=O. The van der Waals surface area contributed by atoms with Gasteiger partial charge in [-0.3, -0.25) is 23.7 Å². The Kier molecular flexibility index (Phi) is 22.5. The molecule has 1 saturated carbocycles. The Balaban J connectivity index is 1.70. The molecule has 0 spiro atoms. The molecule has 1 aliphatic carbocycles. The number of carbonyl (C=O) groups excluding carboxylic acids is 5. The van der Waals surface area contributed by atoms with Crippen molar-refractivity contribution >= 4 is 36.6 Å². The Hall–Kier alpha value is -3.14. The van der Waals surface area contributed by atoms with E-state index in [4.69, 9.17) is 28.2 Å². The molecule has 0 aromatic rings. The fourth-order valence-corrected chi connectivity index (χ4v) is 11.4. The number of rotatable bonds is 8. The van der Waals surface area contributed by atoms with Crippen LogP contribution in [0.5, 0.6) is 0 Å². The third-order valence-electron chi connectivity index (χ3n) is 14.8. The van der Waals surface area contributed by atoms with Crippen molar-refractivity contribution in [2.75, 3.05) is 41.2 Å². The molecule has 3 aliphatic heterocycles. The van der Waals surface area contributed by atoms with Crippen LogP contribution in [0, 0.1) is 35.5 Å². The lowest BCUT2D eigenvalue weighted by Gasteiger charge is -2.42. The smallest absolute Gasteiger partial charge is 0.329 e. The van der Waals surface area contributed by atoms with Gasteiger partial charge in [0.2, 0.25) is 5.79 Å². The predicted octanol–water partition coefficient (Wildman–Crippen LogP) is 7.74. The van der Waals surface area contributed by atoms with E-state index in [9.17, 15) is 38.8 Å². The second-order valence-corrected chi connectivity index (χ2v) is 23.6. The Bertz CT molecular complexity index is 1940. The number of esters is 1. The molecule has 0 aromatic heterocycles. The van der Waals surface area contributed by atoms with Gasteiger partial charge < -0.3 is 43.3 Å². The number of methoxy groups -OCH3 is 3. The molecule has 3 fully saturated rings. The number of ketones is 3. The lowest BCUT2D eigenvalue weighted by Crippen LogP contribution is -2.61. The number of nitrogens with zero attached hydrogens (tertiary/aromatic N) is 1. The van der Waals surface area contributed by atoms with Crippen molar-refractivity contribution in [1.82, 2.24) is 4.90 Å². The zero-order chi connectivity index (χ0) is 51.4. The Morgan fingerprint density at radius 3 is 2.22 bits per heavy atom. The summed E-state index contributed by atoms with van der Waals surface area (Å²) in [5, 5.41) is 23.5. The van der Waals surface area contributed by atoms with E-state index in [0.29, 0.717) is 63.4 Å². The first-order chi connectivity index (χ1) is 32.4. The molecule has 1 amide bonds. The van der Waals surface area contributed by atoms with Crippen molar-refractivity contribution in [2.24, 2.45) is 35.5 Å². The molecule has 15 atom stereocenters. The second-order valence-electron chi connectivity index (χ2n) is 20.9. The molecule has 0 radical (unpaired) electrons. The second kappa shape index (κ2) is 26.5. The van der Waals surface area contributed by atoms with Crippen molar-refractivity contribution in [3.05, 3.63) is 47.6 Å². The van der Waals surface area contributed by atoms with Gasteiger partial charge in [0.25, 0.3) is 11.7 Å². The first-order valence-corrected chi connectivity index (χ1v) is 27.7. The van der Waals surface area contributed by atoms with Crippen LogP contribution in [0.2, 0.25) is 0 Å². The van der Waals surface area contributed by atoms with Crippen LogP contribution in [-0.2, 0) is 56.7 Å². The number of aliphatic hydroxyl groups is 2. The van der Waals surface area contributed by atoms with Crippen molar-refractivity contribution in [3.63, 3.8) is 0 Å². The molecule has 15 nitrogen and oxygen atoms in total. The van der Waals surface area contributed by atoms with Crippen LogP contribution in [-0.4, -0.2) is 140 Å². The summed E-state index contributed by atoms with van der Waals surface area (Å²) >= 11 is 0. The van der Waals surface area contributed by atoms with Crippen LogP contribution in [0.25, 0.3) is 0 Å². The first-order valence-electron chi connectivity index (χ1n) is 25.2. The minimum Gasteiger partial charge on any atom is -0.460 e. The molecule has 4 rings (SSSR count). The van der Waals surface area contributed by atoms with E-state index in [1.165, 1.54) is 12.0 Å². The molecule has 3 heterocycles. The lowest BCUT2D eigenvalue weighted by atomic mass is 9.78. The van der Waals surface area contributed by atoms with E-state index < -0.39 is 85.1 Å². The summed E-state index contributed by atoms with van der Waals surface area (Å²) in [6.07, 6.45) is 11.4. The highest BCUT2D eigenvalue weighted by molar-refractivity contribution is 7.57. The summed E-state index contributed by atoms with van der Waals surface area (Å²) in [5.41, 5.74) is 1.25. The Morgan fingerprint density at radius 2 is 1.57 bits per heavy atom. The molecule has 3 unspecified atom stereocenters. The summed E-state index contributed by atoms with van der Waals surface area (Å²) in [7, 11) is 1.76. The monoisotopic (exact) mass is 990 g/mol. The Morgan fingerprint density at radius 1 is 0.855 bits per heavy atom. The fraction of sp³-hybridized carbons (Fsp3) is 0.755. The highest BCUT2D eigenvalue weighted by Crippen LogP contribution is 2.45. The van der Waals surface area contributed by atoms with Gasteiger partial charge in [0.05, 0.1) is 24.4 Å². The van der Waals surface area contributed by atoms with E-state index in [0.717, 1.165) is 12.0 Å². The number of piperidine rings is 1. The maximum Gasteiger partial charge on any atom is 0.329 e. The number of Topliss-reactive ketones (excluding diaryl/α,β-unsaturated/α-hetero) is 3. The van der Waals surface area contributed by atoms with Gasteiger partial charge in [-0.05, 0) is 107 Å². The molecular formula is C53H84NO14P. The lowest BCUT2D eigenvalue weighted by molar-refractivity contribution is -0.265. The Labute approximate surface area is 411 Å². The minimum atomic E-state index is -2.79. The van der Waals surface area contributed by atoms with Gasteiger partial charge >= 0.3 is 5.97 Å². The number of hydrogen-bond donors (Lipinski definition) is 2. The highest BCUT2D eigenvalue weighted by Gasteiger charge is 2.53. The number of cyclic esters (lactones) is 1. The van der Waals surface area contributed by atoms with Gasteiger partial charge in [-0.15, -0.1) is 0 Å². The summed E-state index contributed by atoms with van der Waals surface area (Å²) in [6, 6.07) is -1.16. The van der Waals surface area contributed by atoms with Crippen molar-refractivity contribution < 1.29 is 67.0 Å². The van der Waals surface area contributed by atoms with Gasteiger partial charge in [0.1, 0.15) is 30.1 Å². The number of allylic oxidation sites excluding steroid dienone is 6. The summed E-state index contributed by atoms with van der Waals surface area (Å²) < 4.78 is 48.2. The summed E-state index contributed by atoms with van der Waals surface area (Å²) in [6.45, 7) is 15.9. The van der Waals surface area contributed by atoms with Crippen LogP contribution < -0.4 is 0 Å². The molecule has 4 aliphatic rings. The van der Waals surface area contributed by atoms with Gasteiger partial charge in [0, 0.05) is 71.8 Å². The molecule has 69 heavy (non-hydrogen) atoms. The number of fused-ring (bicyclic) bond motifs is 3. The molecule has 2 saturated heterocycles. The average molecular weight is 990 g/mol. The number of hydrogen-bond acceptors (Lipinski definition) is 14. The van der Waals surface area contributed by atoms with E-state index in [2.05, 4.69) is 0 Å². The van der Waals surface area contributed by atoms with Crippen molar-refractivity contribution in [3.8, 4) is 0 Å². The van der Waals surface area contributed by atoms with Crippen LogP contribution >= 0.6 is 7.37 Å². The number of aliphatic hydroxyl groups excluding tert-OH is 1. The standard InChI is InChI=1S/C53H84NO14P/c1-32-18-14-13-15-19-33(2)44(63-8)30-40-23-21-38(7)53(61,67-40)50(58)51(59)54-25-17-16-20-41(54)52(60)66-45(35(4)28-39-22-24-43(46(29-39)64-9)68-69(11,12)62)31-42(55)34(3)27-37(6)48(57)49(65-10)47(56)36(5)26-32/h13-15,18-19,27,32,34-36,38-41,43-46,48-49,57,61H,16-17,20-26,28-31H2,1-12H3/t32-,34-,35-,36-,38-,39?,40+,41+,43?,44+,45+,46?,48-,49+,53-/m1/s1. The molecule has 390 valence electrons. The van der Waals surface area contributed by atoms with Crippen LogP contribution in [0.1, 0.15) is 126 Å². The quantitative estimate of drug-likeness (QED) is 0.104.